The molecule has 5 aliphatic carbocycles. The lowest BCUT2D eigenvalue weighted by atomic mass is 9.33. The average Bonchev–Trinajstić information content (AvgIpc) is 3.55. The summed E-state index contributed by atoms with van der Waals surface area (Å²) in [6.45, 7) is 12.8. The van der Waals surface area contributed by atoms with Crippen LogP contribution in [0.4, 0.5) is 0 Å². The molecule has 0 bridgehead atoms. The minimum Gasteiger partial charge on any atom is -0.432 e. The van der Waals surface area contributed by atoms with E-state index in [-0.39, 0.29) is 39.4 Å². The molecule has 0 radical (unpaired) electrons. The minimum absolute atomic E-state index is 0.0454. The molecule has 4 saturated carbocycles. The van der Waals surface area contributed by atoms with Crippen molar-refractivity contribution in [3.63, 3.8) is 0 Å². The highest BCUT2D eigenvalue weighted by molar-refractivity contribution is 5.79. The van der Waals surface area contributed by atoms with Gasteiger partial charge in [-0.3, -0.25) is 4.79 Å². The third-order valence-electron chi connectivity index (χ3n) is 21.4. The van der Waals surface area contributed by atoms with E-state index >= 15 is 0 Å². The van der Waals surface area contributed by atoms with Gasteiger partial charge < -0.3 is 109 Å². The molecule has 9 rings (SSSR count). The van der Waals surface area contributed by atoms with Crippen LogP contribution in [0.2, 0.25) is 0 Å². The van der Waals surface area contributed by atoms with E-state index in [0.29, 0.717) is 32.1 Å². The number of aliphatic hydroxyl groups is 14. The molecule has 23 heteroatoms. The van der Waals surface area contributed by atoms with Gasteiger partial charge in [-0.05, 0) is 109 Å². The molecule has 0 aromatic heterocycles. The van der Waals surface area contributed by atoms with Crippen LogP contribution in [-0.2, 0) is 42.7 Å². The van der Waals surface area contributed by atoms with Gasteiger partial charge in [-0.2, -0.15) is 0 Å². The number of allylic oxidation sites excluding steroid dienone is 2. The lowest BCUT2D eigenvalue weighted by Gasteiger charge is -2.71. The van der Waals surface area contributed by atoms with Gasteiger partial charge in [-0.15, -0.1) is 0 Å². The summed E-state index contributed by atoms with van der Waals surface area (Å²) in [7, 11) is 0. The maximum atomic E-state index is 14.8. The van der Waals surface area contributed by atoms with Crippen LogP contribution in [0, 0.1) is 50.2 Å². The van der Waals surface area contributed by atoms with Crippen molar-refractivity contribution >= 4 is 5.97 Å². The van der Waals surface area contributed by atoms with Gasteiger partial charge in [0.2, 0.25) is 6.29 Å². The number of ether oxygens (including phenoxy) is 8. The molecule has 28 atom stereocenters. The fraction of sp³-hybridized carbons (Fsp3) is 0.944. The van der Waals surface area contributed by atoms with E-state index in [4.69, 9.17) is 37.9 Å². The Morgan fingerprint density at radius 2 is 1.00 bits per heavy atom. The maximum Gasteiger partial charge on any atom is 0.315 e. The van der Waals surface area contributed by atoms with Crippen molar-refractivity contribution in [1.82, 2.24) is 0 Å². The first kappa shape index (κ1) is 60.0. The SMILES string of the molecule is CC1(C)CC[C@]2(C(=O)O[C@@H]3O[C@H](CO)[C@@H](O)[C@H](O)[C@H]3O)CC[C@]3(C)C(=CC[C@@H]4[C@@]5(C)CC[C@H](O[C@H]6O[C@H](CO)[C@@H](O)[C@@H](O[C@@H]7O[C@H](CO)[C@@H](O)[C@H](O)[C@H]7O)[C@H]6O[C@@H]6O[C@H](CO)[C@@H](O)[C@H](O)[C@H]6O)C(C)(C)[C@@H]5CC[C@]43C)[C@@H]2C1. The van der Waals surface area contributed by atoms with E-state index in [1.54, 1.807) is 0 Å². The quantitative estimate of drug-likeness (QED) is 0.0569. The number of carbonyl (C=O) groups excluding carboxylic acids is 1. The van der Waals surface area contributed by atoms with Crippen molar-refractivity contribution in [2.75, 3.05) is 26.4 Å². The third-order valence-corrected chi connectivity index (χ3v) is 21.4. The molecule has 77 heavy (non-hydrogen) atoms. The zero-order valence-electron chi connectivity index (χ0n) is 45.3. The van der Waals surface area contributed by atoms with E-state index < -0.39 is 172 Å². The van der Waals surface area contributed by atoms with Crippen LogP contribution in [0.3, 0.4) is 0 Å². The number of fused-ring (bicyclic) bond motifs is 7. The minimum atomic E-state index is -1.94. The molecule has 442 valence electrons. The van der Waals surface area contributed by atoms with Crippen LogP contribution in [0.15, 0.2) is 11.6 Å². The fourth-order valence-electron chi connectivity index (χ4n) is 16.5. The Bertz CT molecular complexity index is 2110. The molecule has 4 saturated heterocycles. The summed E-state index contributed by atoms with van der Waals surface area (Å²) >= 11 is 0. The Labute approximate surface area is 449 Å². The summed E-state index contributed by atoms with van der Waals surface area (Å²) in [6.07, 6.45) is -25.0. The van der Waals surface area contributed by atoms with Gasteiger partial charge in [0.1, 0.15) is 97.7 Å². The van der Waals surface area contributed by atoms with Crippen molar-refractivity contribution in [3.05, 3.63) is 11.6 Å². The summed E-state index contributed by atoms with van der Waals surface area (Å²) in [5.41, 5.74) is -1.27. The van der Waals surface area contributed by atoms with Crippen LogP contribution < -0.4 is 0 Å². The first-order valence-corrected chi connectivity index (χ1v) is 27.8. The van der Waals surface area contributed by atoms with Crippen LogP contribution in [-0.4, -0.2) is 233 Å². The Balaban J connectivity index is 0.995. The monoisotopic (exact) mass is 1100 g/mol. The summed E-state index contributed by atoms with van der Waals surface area (Å²) in [6, 6.07) is 0. The molecule has 4 aliphatic heterocycles. The largest absolute Gasteiger partial charge is 0.432 e. The Morgan fingerprint density at radius 3 is 1.55 bits per heavy atom. The molecule has 0 aromatic carbocycles. The second-order valence-electron chi connectivity index (χ2n) is 26.3. The summed E-state index contributed by atoms with van der Waals surface area (Å²) in [5.74, 6) is -0.507. The van der Waals surface area contributed by atoms with E-state index in [9.17, 15) is 76.3 Å². The third kappa shape index (κ3) is 9.80. The first-order chi connectivity index (χ1) is 36.1. The molecule has 14 N–H and O–H groups in total. The Kier molecular flexibility index (Phi) is 17.0. The van der Waals surface area contributed by atoms with Gasteiger partial charge in [0.15, 0.2) is 18.9 Å². The second-order valence-corrected chi connectivity index (χ2v) is 26.3. The summed E-state index contributed by atoms with van der Waals surface area (Å²) < 4.78 is 48.9. The van der Waals surface area contributed by atoms with Crippen LogP contribution in [0.5, 0.6) is 0 Å². The predicted octanol–water partition coefficient (Wildman–Crippen LogP) is -2.04. The lowest BCUT2D eigenvalue weighted by Crippen LogP contribution is -2.68. The van der Waals surface area contributed by atoms with Gasteiger partial charge in [0.25, 0.3) is 0 Å². The van der Waals surface area contributed by atoms with Gasteiger partial charge >= 0.3 is 5.97 Å². The number of rotatable bonds is 12. The number of hydrogen-bond acceptors (Lipinski definition) is 23. The molecule has 4 heterocycles. The van der Waals surface area contributed by atoms with Crippen molar-refractivity contribution in [2.24, 2.45) is 50.2 Å². The van der Waals surface area contributed by atoms with Crippen molar-refractivity contribution in [2.45, 2.75) is 242 Å². The van der Waals surface area contributed by atoms with Crippen LogP contribution in [0.25, 0.3) is 0 Å². The van der Waals surface area contributed by atoms with Gasteiger partial charge in [-0.1, -0.05) is 60.1 Å². The van der Waals surface area contributed by atoms with Crippen LogP contribution >= 0.6 is 0 Å². The standard InChI is InChI=1S/C54H88O23/c1-49(2)14-16-54(48(69)77-46-41(68)38(65)34(61)27(21-57)72-46)17-15-52(6)23(24(54)18-49)8-9-30-51(5)12-11-31(50(3,4)29(51)10-13-53(30,52)7)74-47-43(76-45-40(67)37(64)33(60)26(20-56)71-45)42(35(62)28(22-58)73-47)75-44-39(66)36(63)32(59)25(19-55)70-44/h8,24-47,55-68H,9-22H2,1-7H3/t24-,25+,26+,27+,28+,29-,30+,31-,32+,33+,34+,35+,36-,37-,38-,39+,40+,41+,42+,43+,44-,45-,46-,47+,51-,52+,53+,54-/m0/s1. The van der Waals surface area contributed by atoms with Crippen LogP contribution in [0.1, 0.15) is 113 Å². The van der Waals surface area contributed by atoms with Crippen molar-refractivity contribution in [3.8, 4) is 0 Å². The molecular weight excluding hydrogens is 1020 g/mol. The fourth-order valence-corrected chi connectivity index (χ4v) is 16.5. The predicted molar refractivity (Wildman–Crippen MR) is 263 cm³/mol. The highest BCUT2D eigenvalue weighted by atomic mass is 16.8. The molecule has 0 spiro atoms. The number of hydrogen-bond donors (Lipinski definition) is 14. The molecule has 0 aromatic rings. The molecular formula is C54H88O23. The molecule has 0 amide bonds. The Hall–Kier alpha value is -1.63. The zero-order chi connectivity index (χ0) is 56.3. The van der Waals surface area contributed by atoms with Crippen molar-refractivity contribution in [1.29, 1.82) is 0 Å². The normalized spacial score (nSPS) is 53.4. The van der Waals surface area contributed by atoms with Gasteiger partial charge in [0, 0.05) is 0 Å². The molecule has 8 fully saturated rings. The van der Waals surface area contributed by atoms with Gasteiger partial charge in [0.05, 0.1) is 37.9 Å². The second kappa shape index (κ2) is 21.8. The highest BCUT2D eigenvalue weighted by Gasteiger charge is 2.70. The topological polar surface area (TPSA) is 374 Å². The number of aliphatic hydroxyl groups excluding tert-OH is 14. The molecule has 0 unspecified atom stereocenters. The van der Waals surface area contributed by atoms with Gasteiger partial charge in [-0.25, -0.2) is 0 Å². The summed E-state index contributed by atoms with van der Waals surface area (Å²) in [4.78, 5) is 14.8. The van der Waals surface area contributed by atoms with E-state index in [1.165, 1.54) is 5.57 Å². The average molecular weight is 1110 g/mol. The molecule has 23 nitrogen and oxygen atoms in total. The zero-order valence-corrected chi connectivity index (χ0v) is 45.3. The van der Waals surface area contributed by atoms with E-state index in [1.807, 2.05) is 0 Å². The number of carbonyl (C=O) groups is 1. The smallest absolute Gasteiger partial charge is 0.315 e. The first-order valence-electron chi connectivity index (χ1n) is 27.8. The maximum absolute atomic E-state index is 14.8. The highest BCUT2D eigenvalue weighted by Crippen LogP contribution is 2.76. The number of esters is 1. The lowest BCUT2D eigenvalue weighted by molar-refractivity contribution is -0.399. The van der Waals surface area contributed by atoms with Crippen molar-refractivity contribution < 1.29 is 114 Å². The molecule has 9 aliphatic rings. The van der Waals surface area contributed by atoms with E-state index in [2.05, 4.69) is 54.5 Å². The summed E-state index contributed by atoms with van der Waals surface area (Å²) in [5, 5.41) is 149. The van der Waals surface area contributed by atoms with E-state index in [0.717, 1.165) is 32.1 Å². The Morgan fingerprint density at radius 1 is 0.519 bits per heavy atom.